The van der Waals surface area contributed by atoms with Crippen LogP contribution in [-0.2, 0) is 16.8 Å². The molecule has 2 aromatic carbocycles. The van der Waals surface area contributed by atoms with E-state index < -0.39 is 5.41 Å². The van der Waals surface area contributed by atoms with Gasteiger partial charge in [-0.25, -0.2) is 0 Å². The number of nitrogens with zero attached hydrogens (tertiary/aromatic N) is 1. The van der Waals surface area contributed by atoms with E-state index in [4.69, 9.17) is 20.9 Å². The fourth-order valence-electron chi connectivity index (χ4n) is 3.12. The Morgan fingerprint density at radius 1 is 1.22 bits per heavy atom. The molecule has 3 aromatic rings. The molecule has 1 aromatic heterocycles. The van der Waals surface area contributed by atoms with Gasteiger partial charge in [0, 0.05) is 23.2 Å². The van der Waals surface area contributed by atoms with Crippen LogP contribution in [0.1, 0.15) is 24.1 Å². The monoisotopic (exact) mass is 382 g/mol. The van der Waals surface area contributed by atoms with Crippen LogP contribution in [0, 0.1) is 0 Å². The van der Waals surface area contributed by atoms with E-state index in [1.807, 2.05) is 54.6 Å². The van der Waals surface area contributed by atoms with Crippen LogP contribution in [0.5, 0.6) is 5.75 Å². The number of carbonyl (C=O) groups is 1. The summed E-state index contributed by atoms with van der Waals surface area (Å²) >= 11 is 6.16. The highest BCUT2D eigenvalue weighted by Crippen LogP contribution is 2.48. The van der Waals surface area contributed by atoms with Crippen molar-refractivity contribution in [2.24, 2.45) is 0 Å². The van der Waals surface area contributed by atoms with Crippen molar-refractivity contribution in [1.29, 1.82) is 0 Å². The first-order chi connectivity index (χ1) is 13.1. The minimum absolute atomic E-state index is 0.0482. The first kappa shape index (κ1) is 17.6. The minimum atomic E-state index is -0.609. The fraction of sp³-hybridized carbons (Fsp3) is 0.238. The van der Waals surface area contributed by atoms with Gasteiger partial charge in [0.2, 0.25) is 5.91 Å². The Kier molecular flexibility index (Phi) is 4.62. The summed E-state index contributed by atoms with van der Waals surface area (Å²) in [6.07, 6.45) is 1.51. The number of rotatable bonds is 6. The third-order valence-electron chi connectivity index (χ3n) is 4.94. The molecule has 0 saturated heterocycles. The Morgan fingerprint density at radius 3 is 2.78 bits per heavy atom. The highest BCUT2D eigenvalue weighted by molar-refractivity contribution is 6.31. The number of amides is 1. The van der Waals surface area contributed by atoms with E-state index in [1.54, 1.807) is 7.11 Å². The lowest BCUT2D eigenvalue weighted by molar-refractivity contribution is -0.123. The van der Waals surface area contributed by atoms with Crippen LogP contribution in [0.3, 0.4) is 0 Å². The summed E-state index contributed by atoms with van der Waals surface area (Å²) in [5, 5.41) is 7.80. The number of methoxy groups -OCH3 is 1. The van der Waals surface area contributed by atoms with Gasteiger partial charge in [0.25, 0.3) is 0 Å². The quantitative estimate of drug-likeness (QED) is 0.688. The molecule has 1 heterocycles. The van der Waals surface area contributed by atoms with Crippen molar-refractivity contribution in [3.8, 4) is 17.1 Å². The lowest BCUT2D eigenvalue weighted by atomic mass is 10.00. The van der Waals surface area contributed by atoms with Crippen molar-refractivity contribution in [3.05, 3.63) is 70.9 Å². The standard InChI is InChI=1S/C21H19ClN2O3/c1-26-16-7-4-6-14(11-16)18-12-19(24-27-18)21(9-10-21)20(25)23-13-15-5-2-3-8-17(15)22/h2-8,11-12H,9-10,13H2,1H3,(H,23,25). The van der Waals surface area contributed by atoms with Gasteiger partial charge in [-0.1, -0.05) is 47.1 Å². The van der Waals surface area contributed by atoms with Crippen molar-refractivity contribution < 1.29 is 14.1 Å². The third kappa shape index (κ3) is 3.43. The van der Waals surface area contributed by atoms with E-state index in [9.17, 15) is 4.79 Å². The molecule has 0 atom stereocenters. The van der Waals surface area contributed by atoms with Crippen molar-refractivity contribution in [3.63, 3.8) is 0 Å². The first-order valence-electron chi connectivity index (χ1n) is 8.76. The van der Waals surface area contributed by atoms with Gasteiger partial charge in [-0.2, -0.15) is 0 Å². The van der Waals surface area contributed by atoms with E-state index in [0.29, 0.717) is 23.0 Å². The molecule has 0 unspecified atom stereocenters. The molecule has 0 aliphatic heterocycles. The van der Waals surface area contributed by atoms with E-state index in [-0.39, 0.29) is 5.91 Å². The second-order valence-corrected chi connectivity index (χ2v) is 7.07. The molecule has 1 fully saturated rings. The summed E-state index contributed by atoms with van der Waals surface area (Å²) in [6, 6.07) is 16.9. The van der Waals surface area contributed by atoms with Crippen molar-refractivity contribution in [2.75, 3.05) is 7.11 Å². The molecule has 0 spiro atoms. The van der Waals surface area contributed by atoms with Crippen molar-refractivity contribution in [2.45, 2.75) is 24.8 Å². The third-order valence-corrected chi connectivity index (χ3v) is 5.31. The molecule has 0 radical (unpaired) electrons. The number of hydrogen-bond donors (Lipinski definition) is 1. The molecule has 1 N–H and O–H groups in total. The van der Waals surface area contributed by atoms with Gasteiger partial charge >= 0.3 is 0 Å². The minimum Gasteiger partial charge on any atom is -0.497 e. The molecular weight excluding hydrogens is 364 g/mol. The van der Waals surface area contributed by atoms with Crippen LogP contribution in [0.15, 0.2) is 59.1 Å². The second-order valence-electron chi connectivity index (χ2n) is 6.66. The molecule has 1 aliphatic rings. The number of nitrogens with one attached hydrogen (secondary N) is 1. The SMILES string of the molecule is COc1cccc(-c2cc(C3(C(=O)NCc4ccccc4Cl)CC3)no2)c1. The summed E-state index contributed by atoms with van der Waals surface area (Å²) < 4.78 is 10.7. The van der Waals surface area contributed by atoms with Crippen LogP contribution in [-0.4, -0.2) is 18.2 Å². The summed E-state index contributed by atoms with van der Waals surface area (Å²) in [7, 11) is 1.62. The van der Waals surface area contributed by atoms with E-state index in [0.717, 1.165) is 29.7 Å². The number of halogens is 1. The zero-order valence-corrected chi connectivity index (χ0v) is 15.6. The number of ether oxygens (including phenoxy) is 1. The molecular formula is C21H19ClN2O3. The van der Waals surface area contributed by atoms with Gasteiger partial charge < -0.3 is 14.6 Å². The highest BCUT2D eigenvalue weighted by Gasteiger charge is 2.53. The average Bonchev–Trinajstić information content (AvgIpc) is 3.36. The topological polar surface area (TPSA) is 64.4 Å². The average molecular weight is 383 g/mol. The van der Waals surface area contributed by atoms with Crippen LogP contribution in [0.2, 0.25) is 5.02 Å². The maximum absolute atomic E-state index is 12.8. The smallest absolute Gasteiger partial charge is 0.232 e. The number of benzene rings is 2. The maximum Gasteiger partial charge on any atom is 0.232 e. The predicted molar refractivity (Wildman–Crippen MR) is 103 cm³/mol. The maximum atomic E-state index is 12.8. The Bertz CT molecular complexity index is 979. The van der Waals surface area contributed by atoms with Crippen LogP contribution in [0.25, 0.3) is 11.3 Å². The Balaban J connectivity index is 1.50. The number of hydrogen-bond acceptors (Lipinski definition) is 4. The summed E-state index contributed by atoms with van der Waals surface area (Å²) in [4.78, 5) is 12.8. The molecule has 138 valence electrons. The van der Waals surface area contributed by atoms with Crippen LogP contribution >= 0.6 is 11.6 Å². The lowest BCUT2D eigenvalue weighted by Gasteiger charge is -2.13. The van der Waals surface area contributed by atoms with Gasteiger partial charge in [0.1, 0.15) is 5.75 Å². The molecule has 1 saturated carbocycles. The molecule has 5 nitrogen and oxygen atoms in total. The summed E-state index contributed by atoms with van der Waals surface area (Å²) in [6.45, 7) is 0.390. The van der Waals surface area contributed by atoms with Gasteiger partial charge in [0.05, 0.1) is 18.2 Å². The molecule has 4 rings (SSSR count). The van der Waals surface area contributed by atoms with Crippen molar-refractivity contribution in [1.82, 2.24) is 10.5 Å². The van der Waals surface area contributed by atoms with Crippen LogP contribution in [0.4, 0.5) is 0 Å². The largest absolute Gasteiger partial charge is 0.497 e. The van der Waals surface area contributed by atoms with Gasteiger partial charge in [-0.05, 0) is 36.6 Å². The Labute approximate surface area is 162 Å². The van der Waals surface area contributed by atoms with Gasteiger partial charge in [0.15, 0.2) is 5.76 Å². The summed E-state index contributed by atoms with van der Waals surface area (Å²) in [5.41, 5.74) is 1.81. The molecule has 0 bridgehead atoms. The molecule has 1 amide bonds. The summed E-state index contributed by atoms with van der Waals surface area (Å²) in [5.74, 6) is 1.31. The first-order valence-corrected chi connectivity index (χ1v) is 9.13. The van der Waals surface area contributed by atoms with Gasteiger partial charge in [-0.3, -0.25) is 4.79 Å². The molecule has 27 heavy (non-hydrogen) atoms. The van der Waals surface area contributed by atoms with E-state index in [1.165, 1.54) is 0 Å². The zero-order chi connectivity index (χ0) is 18.9. The van der Waals surface area contributed by atoms with E-state index >= 15 is 0 Å². The highest BCUT2D eigenvalue weighted by atomic mass is 35.5. The molecule has 6 heteroatoms. The lowest BCUT2D eigenvalue weighted by Crippen LogP contribution is -2.34. The Hall–Kier alpha value is -2.79. The normalized spacial score (nSPS) is 14.6. The zero-order valence-electron chi connectivity index (χ0n) is 14.9. The second kappa shape index (κ2) is 7.08. The fourth-order valence-corrected chi connectivity index (χ4v) is 3.33. The molecule has 1 aliphatic carbocycles. The van der Waals surface area contributed by atoms with Crippen LogP contribution < -0.4 is 10.1 Å². The Morgan fingerprint density at radius 2 is 2.04 bits per heavy atom. The number of carbonyl (C=O) groups excluding carboxylic acids is 1. The van der Waals surface area contributed by atoms with E-state index in [2.05, 4.69) is 10.5 Å². The number of aromatic nitrogens is 1. The predicted octanol–water partition coefficient (Wildman–Crippen LogP) is 4.35. The van der Waals surface area contributed by atoms with Gasteiger partial charge in [-0.15, -0.1) is 0 Å². The van der Waals surface area contributed by atoms with Crippen molar-refractivity contribution >= 4 is 17.5 Å².